The number of halogens is 1. The Hall–Kier alpha value is -3.04. The smallest absolute Gasteiger partial charge is 0.238 e. The van der Waals surface area contributed by atoms with E-state index >= 15 is 0 Å². The van der Waals surface area contributed by atoms with Gasteiger partial charge in [-0.3, -0.25) is 14.7 Å². The maximum atomic E-state index is 12.3. The average Bonchev–Trinajstić information content (AvgIpc) is 3.22. The molecular weight excluding hydrogens is 426 g/mol. The molecule has 0 fully saturated rings. The predicted octanol–water partition coefficient (Wildman–Crippen LogP) is 3.25. The van der Waals surface area contributed by atoms with Crippen LogP contribution in [0.1, 0.15) is 12.2 Å². The number of nitrogens with zero attached hydrogens (tertiary/aromatic N) is 2. The summed E-state index contributed by atoms with van der Waals surface area (Å²) in [7, 11) is 1.60. The normalized spacial score (nSPS) is 15.3. The third-order valence-corrected chi connectivity index (χ3v) is 5.98. The second-order valence-electron chi connectivity index (χ2n) is 6.55. The van der Waals surface area contributed by atoms with Crippen molar-refractivity contribution in [1.82, 2.24) is 20.5 Å². The number of methoxy groups -OCH3 is 1. The van der Waals surface area contributed by atoms with Crippen molar-refractivity contribution in [3.8, 4) is 17.1 Å². The van der Waals surface area contributed by atoms with Crippen LogP contribution in [0.5, 0.6) is 5.75 Å². The Bertz CT molecular complexity index is 1090. The van der Waals surface area contributed by atoms with Crippen LogP contribution in [0.3, 0.4) is 0 Å². The first-order valence-corrected chi connectivity index (χ1v) is 10.4. The SMILES string of the molecule is COc1ccc(-c2n[nH]c(CNC(=O)CC3Sc4ccc(Cl)cc4NC3=O)n2)cc1. The van der Waals surface area contributed by atoms with Crippen molar-refractivity contribution in [1.29, 1.82) is 0 Å². The van der Waals surface area contributed by atoms with E-state index in [9.17, 15) is 9.59 Å². The summed E-state index contributed by atoms with van der Waals surface area (Å²) in [6, 6.07) is 12.7. The molecule has 0 radical (unpaired) electrons. The Morgan fingerprint density at radius 1 is 1.27 bits per heavy atom. The van der Waals surface area contributed by atoms with Gasteiger partial charge in [-0.25, -0.2) is 4.98 Å². The number of rotatable bonds is 6. The summed E-state index contributed by atoms with van der Waals surface area (Å²) in [6.07, 6.45) is 0.0536. The lowest BCUT2D eigenvalue weighted by molar-refractivity contribution is -0.124. The van der Waals surface area contributed by atoms with E-state index in [2.05, 4.69) is 25.8 Å². The summed E-state index contributed by atoms with van der Waals surface area (Å²) < 4.78 is 5.14. The molecule has 4 rings (SSSR count). The van der Waals surface area contributed by atoms with Gasteiger partial charge in [-0.05, 0) is 42.5 Å². The molecule has 2 aromatic carbocycles. The molecule has 3 N–H and O–H groups in total. The Labute approximate surface area is 181 Å². The molecule has 1 aliphatic heterocycles. The molecule has 0 saturated heterocycles. The van der Waals surface area contributed by atoms with Crippen LogP contribution in [-0.2, 0) is 16.1 Å². The number of anilines is 1. The average molecular weight is 444 g/mol. The molecule has 0 aliphatic carbocycles. The first-order valence-electron chi connectivity index (χ1n) is 9.11. The van der Waals surface area contributed by atoms with E-state index in [1.54, 1.807) is 19.2 Å². The standard InChI is InChI=1S/C20H18ClN5O3S/c1-29-13-5-2-11(3-6-13)19-24-17(25-26-19)10-22-18(27)9-16-20(28)23-14-8-12(21)4-7-15(14)30-16/h2-8,16H,9-10H2,1H3,(H,22,27)(H,23,28)(H,24,25,26). The fourth-order valence-electron chi connectivity index (χ4n) is 2.92. The Morgan fingerprint density at radius 2 is 2.07 bits per heavy atom. The lowest BCUT2D eigenvalue weighted by atomic mass is 10.2. The molecule has 2 heterocycles. The number of hydrogen-bond acceptors (Lipinski definition) is 6. The molecule has 8 nitrogen and oxygen atoms in total. The van der Waals surface area contributed by atoms with Crippen molar-refractivity contribution in [3.05, 3.63) is 53.3 Å². The third-order valence-electron chi connectivity index (χ3n) is 4.46. The number of benzene rings is 2. The zero-order chi connectivity index (χ0) is 21.1. The van der Waals surface area contributed by atoms with Crippen LogP contribution >= 0.6 is 23.4 Å². The molecule has 0 bridgehead atoms. The lowest BCUT2D eigenvalue weighted by Gasteiger charge is -2.23. The largest absolute Gasteiger partial charge is 0.497 e. The molecule has 10 heteroatoms. The van der Waals surface area contributed by atoms with Gasteiger partial charge in [0.05, 0.1) is 24.6 Å². The third kappa shape index (κ3) is 4.58. The summed E-state index contributed by atoms with van der Waals surface area (Å²) >= 11 is 7.31. The minimum Gasteiger partial charge on any atom is -0.497 e. The van der Waals surface area contributed by atoms with Crippen molar-refractivity contribution in [2.45, 2.75) is 23.1 Å². The van der Waals surface area contributed by atoms with Crippen LogP contribution < -0.4 is 15.4 Å². The molecule has 2 amide bonds. The monoisotopic (exact) mass is 443 g/mol. The van der Waals surface area contributed by atoms with Gasteiger partial charge in [-0.1, -0.05) is 11.6 Å². The topological polar surface area (TPSA) is 109 Å². The highest BCUT2D eigenvalue weighted by atomic mass is 35.5. The number of carbonyl (C=O) groups is 2. The Balaban J connectivity index is 1.32. The van der Waals surface area contributed by atoms with Gasteiger partial charge in [0.15, 0.2) is 5.82 Å². The van der Waals surface area contributed by atoms with Crippen LogP contribution in [0.15, 0.2) is 47.4 Å². The van der Waals surface area contributed by atoms with E-state index in [0.717, 1.165) is 16.2 Å². The highest BCUT2D eigenvalue weighted by molar-refractivity contribution is 8.01. The van der Waals surface area contributed by atoms with Gasteiger partial charge < -0.3 is 15.4 Å². The first-order chi connectivity index (χ1) is 14.5. The van der Waals surface area contributed by atoms with Gasteiger partial charge in [0.2, 0.25) is 11.8 Å². The van der Waals surface area contributed by atoms with Gasteiger partial charge in [0.25, 0.3) is 0 Å². The molecule has 0 saturated carbocycles. The molecule has 1 aliphatic rings. The van der Waals surface area contributed by atoms with E-state index in [1.807, 2.05) is 30.3 Å². The maximum absolute atomic E-state index is 12.3. The maximum Gasteiger partial charge on any atom is 0.238 e. The predicted molar refractivity (Wildman–Crippen MR) is 115 cm³/mol. The first kappa shape index (κ1) is 20.2. The van der Waals surface area contributed by atoms with Crippen molar-refractivity contribution in [2.24, 2.45) is 0 Å². The van der Waals surface area contributed by atoms with Crippen molar-refractivity contribution in [2.75, 3.05) is 12.4 Å². The number of H-pyrrole nitrogens is 1. The van der Waals surface area contributed by atoms with E-state index in [0.29, 0.717) is 22.4 Å². The van der Waals surface area contributed by atoms with E-state index in [-0.39, 0.29) is 24.8 Å². The summed E-state index contributed by atoms with van der Waals surface area (Å²) in [6.45, 7) is 0.188. The molecule has 3 aromatic rings. The second kappa shape index (κ2) is 8.76. The molecule has 154 valence electrons. The van der Waals surface area contributed by atoms with E-state index in [1.165, 1.54) is 11.8 Å². The van der Waals surface area contributed by atoms with Gasteiger partial charge in [0, 0.05) is 21.9 Å². The summed E-state index contributed by atoms with van der Waals surface area (Å²) in [5.74, 6) is 1.33. The highest BCUT2D eigenvalue weighted by Gasteiger charge is 2.29. The van der Waals surface area contributed by atoms with Crippen molar-refractivity contribution < 1.29 is 14.3 Å². The minimum absolute atomic E-state index is 0.0536. The molecule has 1 unspecified atom stereocenters. The van der Waals surface area contributed by atoms with E-state index < -0.39 is 5.25 Å². The molecule has 1 atom stereocenters. The minimum atomic E-state index is -0.511. The van der Waals surface area contributed by atoms with Crippen LogP contribution in [0.2, 0.25) is 5.02 Å². The number of fused-ring (bicyclic) bond motifs is 1. The molecule has 30 heavy (non-hydrogen) atoms. The number of hydrogen-bond donors (Lipinski definition) is 3. The molecule has 0 spiro atoms. The van der Waals surface area contributed by atoms with Crippen LogP contribution in [0.4, 0.5) is 5.69 Å². The number of nitrogens with one attached hydrogen (secondary N) is 3. The lowest BCUT2D eigenvalue weighted by Crippen LogP contribution is -2.34. The van der Waals surface area contributed by atoms with Gasteiger partial charge in [0.1, 0.15) is 11.6 Å². The Kier molecular flexibility index (Phi) is 5.91. The molecular formula is C20H18ClN5O3S. The van der Waals surface area contributed by atoms with Gasteiger partial charge >= 0.3 is 0 Å². The van der Waals surface area contributed by atoms with E-state index in [4.69, 9.17) is 16.3 Å². The summed E-state index contributed by atoms with van der Waals surface area (Å²) in [5.41, 5.74) is 1.50. The van der Waals surface area contributed by atoms with Gasteiger partial charge in [-0.2, -0.15) is 5.10 Å². The van der Waals surface area contributed by atoms with Crippen LogP contribution in [0, 0.1) is 0 Å². The van der Waals surface area contributed by atoms with Gasteiger partial charge in [-0.15, -0.1) is 11.8 Å². The van der Waals surface area contributed by atoms with Crippen LogP contribution in [-0.4, -0.2) is 39.4 Å². The summed E-state index contributed by atoms with van der Waals surface area (Å²) in [4.78, 5) is 29.9. The summed E-state index contributed by atoms with van der Waals surface area (Å²) in [5, 5.41) is 12.6. The number of amides is 2. The number of aromatic nitrogens is 3. The Morgan fingerprint density at radius 3 is 2.83 bits per heavy atom. The quantitative estimate of drug-likeness (QED) is 0.539. The van der Waals surface area contributed by atoms with Crippen LogP contribution in [0.25, 0.3) is 11.4 Å². The zero-order valence-corrected chi connectivity index (χ0v) is 17.5. The second-order valence-corrected chi connectivity index (χ2v) is 8.23. The highest BCUT2D eigenvalue weighted by Crippen LogP contribution is 2.38. The number of aromatic amines is 1. The zero-order valence-electron chi connectivity index (χ0n) is 15.9. The number of thioether (sulfide) groups is 1. The fourth-order valence-corrected chi connectivity index (χ4v) is 4.19. The number of carbonyl (C=O) groups excluding carboxylic acids is 2. The molecule has 1 aromatic heterocycles. The fraction of sp³-hybridized carbons (Fsp3) is 0.200. The van der Waals surface area contributed by atoms with Crippen molar-refractivity contribution in [3.63, 3.8) is 0 Å². The number of ether oxygens (including phenoxy) is 1. The van der Waals surface area contributed by atoms with Crippen molar-refractivity contribution >= 4 is 40.9 Å².